The Kier molecular flexibility index (Phi) is 10.1. The van der Waals surface area contributed by atoms with Crippen molar-refractivity contribution in [1.82, 2.24) is 5.32 Å². The number of thiophene rings is 1. The number of rotatable bonds is 6. The summed E-state index contributed by atoms with van der Waals surface area (Å²) in [6.07, 6.45) is 3.27. The molecule has 1 saturated carbocycles. The average Bonchev–Trinajstić information content (AvgIpc) is 3.12. The Labute approximate surface area is 199 Å². The van der Waals surface area contributed by atoms with Gasteiger partial charge in [0.15, 0.2) is 0 Å². The number of anilines is 1. The Bertz CT molecular complexity index is 956. The van der Waals surface area contributed by atoms with Gasteiger partial charge in [-0.3, -0.25) is 9.59 Å². The molecular weight excluding hydrogens is 479 g/mol. The molecule has 3 rings (SSSR count). The third-order valence-corrected chi connectivity index (χ3v) is 6.30. The summed E-state index contributed by atoms with van der Waals surface area (Å²) in [7, 11) is 1.55. The molecular formula is C21H24Cl2N2O6S. The highest BCUT2D eigenvalue weighted by molar-refractivity contribution is 7.20. The highest BCUT2D eigenvalue weighted by Crippen LogP contribution is 2.33. The number of halogens is 2. The van der Waals surface area contributed by atoms with Gasteiger partial charge < -0.3 is 25.6 Å². The van der Waals surface area contributed by atoms with E-state index in [2.05, 4.69) is 10.6 Å². The maximum absolute atomic E-state index is 12.6. The Balaban J connectivity index is 0.000000837. The summed E-state index contributed by atoms with van der Waals surface area (Å²) >= 11 is 13.4. The smallest absolute Gasteiger partial charge is 0.495 e. The Hall–Kier alpha value is -2.49. The van der Waals surface area contributed by atoms with Gasteiger partial charge in [-0.05, 0) is 36.6 Å². The van der Waals surface area contributed by atoms with E-state index in [9.17, 15) is 9.59 Å². The highest BCUT2D eigenvalue weighted by Gasteiger charge is 2.24. The van der Waals surface area contributed by atoms with Gasteiger partial charge >= 0.3 is 6.16 Å². The molecule has 0 aliphatic heterocycles. The summed E-state index contributed by atoms with van der Waals surface area (Å²) in [6, 6.07) is 6.91. The number of hydrogen-bond donors (Lipinski definition) is 4. The van der Waals surface area contributed by atoms with Crippen LogP contribution in [0.2, 0.25) is 9.36 Å². The molecule has 174 valence electrons. The van der Waals surface area contributed by atoms with Crippen LogP contribution in [0.3, 0.4) is 0 Å². The molecule has 11 heteroatoms. The summed E-state index contributed by atoms with van der Waals surface area (Å²) in [4.78, 5) is 33.7. The lowest BCUT2D eigenvalue weighted by Crippen LogP contribution is -2.27. The fourth-order valence-corrected chi connectivity index (χ4v) is 4.70. The molecule has 2 aromatic rings. The van der Waals surface area contributed by atoms with Crippen molar-refractivity contribution in [2.75, 3.05) is 12.4 Å². The molecule has 0 unspecified atom stereocenters. The van der Waals surface area contributed by atoms with E-state index in [1.807, 2.05) is 6.07 Å². The minimum absolute atomic E-state index is 0.00646. The van der Waals surface area contributed by atoms with Gasteiger partial charge in [-0.2, -0.15) is 0 Å². The third kappa shape index (κ3) is 7.89. The van der Waals surface area contributed by atoms with Gasteiger partial charge in [0.25, 0.3) is 5.91 Å². The average molecular weight is 503 g/mol. The predicted molar refractivity (Wildman–Crippen MR) is 124 cm³/mol. The Morgan fingerprint density at radius 1 is 1.12 bits per heavy atom. The third-order valence-electron chi connectivity index (χ3n) is 4.83. The molecule has 32 heavy (non-hydrogen) atoms. The van der Waals surface area contributed by atoms with Crippen LogP contribution >= 0.6 is 34.5 Å². The summed E-state index contributed by atoms with van der Waals surface area (Å²) in [5.74, 6) is 0.254. The molecule has 0 saturated heterocycles. The number of carboxylic acid groups (broad SMARTS) is 2. The summed E-state index contributed by atoms with van der Waals surface area (Å²) in [5, 5.41) is 20.7. The van der Waals surface area contributed by atoms with E-state index in [-0.39, 0.29) is 17.7 Å². The maximum Gasteiger partial charge on any atom is 0.503 e. The van der Waals surface area contributed by atoms with E-state index in [1.54, 1.807) is 25.3 Å². The zero-order valence-corrected chi connectivity index (χ0v) is 19.6. The van der Waals surface area contributed by atoms with E-state index in [0.29, 0.717) is 32.2 Å². The normalized spacial score (nSPS) is 13.5. The minimum Gasteiger partial charge on any atom is -0.495 e. The van der Waals surface area contributed by atoms with Crippen molar-refractivity contribution >= 4 is 57.5 Å². The van der Waals surface area contributed by atoms with Crippen molar-refractivity contribution < 1.29 is 29.3 Å². The molecule has 8 nitrogen and oxygen atoms in total. The number of methoxy groups -OCH3 is 1. The molecule has 1 fully saturated rings. The second-order valence-corrected chi connectivity index (χ2v) is 9.14. The van der Waals surface area contributed by atoms with E-state index < -0.39 is 6.16 Å². The van der Waals surface area contributed by atoms with Gasteiger partial charge in [0.2, 0.25) is 5.91 Å². The summed E-state index contributed by atoms with van der Waals surface area (Å²) in [5.41, 5.74) is 1.21. The maximum atomic E-state index is 12.6. The number of hydrogen-bond acceptors (Lipinski definition) is 5. The van der Waals surface area contributed by atoms with E-state index >= 15 is 0 Å². The number of carbonyl (C=O) groups is 3. The number of ether oxygens (including phenoxy) is 1. The van der Waals surface area contributed by atoms with Crippen LogP contribution in [0.5, 0.6) is 5.75 Å². The van der Waals surface area contributed by atoms with Crippen molar-refractivity contribution in [3.05, 3.63) is 44.8 Å². The van der Waals surface area contributed by atoms with Crippen LogP contribution in [0.25, 0.3) is 0 Å². The van der Waals surface area contributed by atoms with E-state index in [0.717, 1.165) is 31.2 Å². The standard InChI is InChI=1S/C20H22Cl2N2O3S.CH2O3/c1-27-16-8-7-12(9-15(16)21)11-23-19(26)14-10-17(22)28-20(14)24-18(25)13-5-3-2-4-6-13;2-1(3)4/h7-10,13H,2-6,11H2,1H3,(H,23,26)(H,24,25);(H2,2,3,4). The Morgan fingerprint density at radius 2 is 1.78 bits per heavy atom. The van der Waals surface area contributed by atoms with Gasteiger partial charge in [-0.15, -0.1) is 11.3 Å². The molecule has 0 spiro atoms. The first-order chi connectivity index (χ1) is 15.2. The quantitative estimate of drug-likeness (QED) is 0.399. The van der Waals surface area contributed by atoms with Crippen LogP contribution in [0.1, 0.15) is 48.0 Å². The van der Waals surface area contributed by atoms with Crippen LogP contribution < -0.4 is 15.4 Å². The molecule has 2 amide bonds. The first-order valence-corrected chi connectivity index (χ1v) is 11.4. The highest BCUT2D eigenvalue weighted by atomic mass is 35.5. The fraction of sp³-hybridized carbons (Fsp3) is 0.381. The molecule has 1 aliphatic carbocycles. The van der Waals surface area contributed by atoms with Crippen LogP contribution in [0, 0.1) is 5.92 Å². The lowest BCUT2D eigenvalue weighted by atomic mass is 9.89. The molecule has 0 bridgehead atoms. The topological polar surface area (TPSA) is 125 Å². The lowest BCUT2D eigenvalue weighted by molar-refractivity contribution is -0.120. The molecule has 1 aromatic heterocycles. The number of carbonyl (C=O) groups excluding carboxylic acids is 2. The largest absolute Gasteiger partial charge is 0.503 e. The SMILES string of the molecule is COc1ccc(CNC(=O)c2cc(Cl)sc2NC(=O)C2CCCCC2)cc1Cl.O=C(O)O. The molecule has 1 aromatic carbocycles. The molecule has 4 N–H and O–H groups in total. The minimum atomic E-state index is -1.83. The summed E-state index contributed by atoms with van der Waals surface area (Å²) in [6.45, 7) is 0.298. The lowest BCUT2D eigenvalue weighted by Gasteiger charge is -2.20. The predicted octanol–water partition coefficient (Wildman–Crippen LogP) is 5.73. The number of benzene rings is 1. The monoisotopic (exact) mass is 502 g/mol. The van der Waals surface area contributed by atoms with Gasteiger partial charge in [0, 0.05) is 12.5 Å². The van der Waals surface area contributed by atoms with Crippen molar-refractivity contribution in [1.29, 1.82) is 0 Å². The van der Waals surface area contributed by atoms with E-state index in [1.165, 1.54) is 17.8 Å². The van der Waals surface area contributed by atoms with Crippen molar-refractivity contribution in [2.24, 2.45) is 5.92 Å². The van der Waals surface area contributed by atoms with Gasteiger partial charge in [-0.25, -0.2) is 4.79 Å². The fourth-order valence-electron chi connectivity index (χ4n) is 3.30. The molecule has 1 heterocycles. The van der Waals surface area contributed by atoms with Crippen molar-refractivity contribution in [3.8, 4) is 5.75 Å². The van der Waals surface area contributed by atoms with Crippen LogP contribution in [0.4, 0.5) is 9.80 Å². The molecule has 1 aliphatic rings. The van der Waals surface area contributed by atoms with Crippen LogP contribution in [-0.2, 0) is 11.3 Å². The first kappa shape index (κ1) is 25.8. The van der Waals surface area contributed by atoms with Crippen molar-refractivity contribution in [2.45, 2.75) is 38.6 Å². The van der Waals surface area contributed by atoms with Gasteiger partial charge in [0.05, 0.1) is 22.0 Å². The second kappa shape index (κ2) is 12.5. The number of amides is 2. The second-order valence-electron chi connectivity index (χ2n) is 7.05. The Morgan fingerprint density at radius 3 is 2.38 bits per heavy atom. The molecule has 0 atom stereocenters. The zero-order valence-electron chi connectivity index (χ0n) is 17.3. The molecule has 0 radical (unpaired) electrons. The zero-order chi connectivity index (χ0) is 23.7. The summed E-state index contributed by atoms with van der Waals surface area (Å²) < 4.78 is 5.58. The first-order valence-electron chi connectivity index (χ1n) is 9.84. The van der Waals surface area contributed by atoms with Crippen LogP contribution in [0.15, 0.2) is 24.3 Å². The van der Waals surface area contributed by atoms with Gasteiger partial charge in [-0.1, -0.05) is 48.5 Å². The van der Waals surface area contributed by atoms with Crippen molar-refractivity contribution in [3.63, 3.8) is 0 Å². The van der Waals surface area contributed by atoms with Crippen LogP contribution in [-0.4, -0.2) is 35.3 Å². The van der Waals surface area contributed by atoms with E-state index in [4.69, 9.17) is 42.9 Å². The van der Waals surface area contributed by atoms with Gasteiger partial charge in [0.1, 0.15) is 10.8 Å². The number of nitrogens with one attached hydrogen (secondary N) is 2.